The van der Waals surface area contributed by atoms with Gasteiger partial charge in [0, 0.05) is 18.1 Å². The molecule has 0 radical (unpaired) electrons. The number of nitrogens with one attached hydrogen (secondary N) is 1. The highest BCUT2D eigenvalue weighted by molar-refractivity contribution is 7.92. The quantitative estimate of drug-likeness (QED) is 0.316. The molecule has 0 aliphatic rings. The second-order valence-electron chi connectivity index (χ2n) is 10.5. The number of carbonyl (C=O) groups excluding carboxylic acids is 2. The minimum absolute atomic E-state index is 0.0796. The number of anilines is 1. The second kappa shape index (κ2) is 13.3. The Morgan fingerprint density at radius 1 is 0.925 bits per heavy atom. The average Bonchev–Trinajstić information content (AvgIpc) is 2.90. The molecule has 0 saturated heterocycles. The lowest BCUT2D eigenvalue weighted by atomic mass is 10.1. The predicted octanol–water partition coefficient (Wildman–Crippen LogP) is 5.65. The number of hydrogen-bond acceptors (Lipinski definition) is 4. The first kappa shape index (κ1) is 31.2. The molecule has 0 aliphatic carbocycles. The van der Waals surface area contributed by atoms with E-state index >= 15 is 0 Å². The van der Waals surface area contributed by atoms with Gasteiger partial charge in [-0.15, -0.1) is 0 Å². The number of carbonyl (C=O) groups is 2. The zero-order valence-corrected chi connectivity index (χ0v) is 25.5. The molecule has 0 bridgehead atoms. The van der Waals surface area contributed by atoms with E-state index in [2.05, 4.69) is 5.32 Å². The van der Waals surface area contributed by atoms with Crippen LogP contribution in [-0.2, 0) is 26.2 Å². The molecule has 40 heavy (non-hydrogen) atoms. The molecule has 3 aromatic carbocycles. The van der Waals surface area contributed by atoms with Crippen LogP contribution in [0.4, 0.5) is 5.69 Å². The molecular weight excluding hydrogens is 546 g/mol. The molecule has 0 unspecified atom stereocenters. The Bertz CT molecular complexity index is 1460. The molecule has 0 aliphatic heterocycles. The summed E-state index contributed by atoms with van der Waals surface area (Å²) in [6.07, 6.45) is 0. The number of halogens is 1. The SMILES string of the molecule is Cc1ccc(S(=O)(=O)N(CC(=O)N(Cc2cccc(Cl)c2)[C@@H](C)C(=O)NCC(C)C)c2cccc(C)c2C)cc1. The number of rotatable bonds is 11. The predicted molar refractivity (Wildman–Crippen MR) is 161 cm³/mol. The minimum Gasteiger partial charge on any atom is -0.354 e. The summed E-state index contributed by atoms with van der Waals surface area (Å²) in [5, 5.41) is 3.39. The van der Waals surface area contributed by atoms with Gasteiger partial charge in [-0.1, -0.05) is 67.4 Å². The lowest BCUT2D eigenvalue weighted by Gasteiger charge is -2.32. The van der Waals surface area contributed by atoms with Crippen LogP contribution in [-0.4, -0.2) is 44.3 Å². The van der Waals surface area contributed by atoms with Crippen molar-refractivity contribution in [3.05, 3.63) is 94.0 Å². The third kappa shape index (κ3) is 7.64. The van der Waals surface area contributed by atoms with E-state index in [0.29, 0.717) is 17.3 Å². The van der Waals surface area contributed by atoms with E-state index in [1.807, 2.05) is 46.8 Å². The number of amides is 2. The first-order valence-corrected chi connectivity index (χ1v) is 15.1. The van der Waals surface area contributed by atoms with Gasteiger partial charge in [0.1, 0.15) is 12.6 Å². The van der Waals surface area contributed by atoms with E-state index in [1.54, 1.807) is 61.5 Å². The number of benzene rings is 3. The summed E-state index contributed by atoms with van der Waals surface area (Å²) in [5.74, 6) is -0.597. The second-order valence-corrected chi connectivity index (χ2v) is 12.8. The highest BCUT2D eigenvalue weighted by atomic mass is 35.5. The Morgan fingerprint density at radius 2 is 1.57 bits per heavy atom. The van der Waals surface area contributed by atoms with E-state index in [9.17, 15) is 18.0 Å². The number of aryl methyl sites for hydroxylation is 2. The summed E-state index contributed by atoms with van der Waals surface area (Å²) in [4.78, 5) is 28.6. The summed E-state index contributed by atoms with van der Waals surface area (Å²) in [7, 11) is -4.12. The fraction of sp³-hybridized carbons (Fsp3) is 0.355. The topological polar surface area (TPSA) is 86.8 Å². The molecule has 0 fully saturated rings. The van der Waals surface area contributed by atoms with Crippen LogP contribution < -0.4 is 9.62 Å². The number of nitrogens with zero attached hydrogens (tertiary/aromatic N) is 2. The Morgan fingerprint density at radius 3 is 2.20 bits per heavy atom. The van der Waals surface area contributed by atoms with Gasteiger partial charge >= 0.3 is 0 Å². The molecule has 214 valence electrons. The first-order chi connectivity index (χ1) is 18.8. The fourth-order valence-electron chi connectivity index (χ4n) is 4.22. The van der Waals surface area contributed by atoms with Gasteiger partial charge in [0.2, 0.25) is 11.8 Å². The van der Waals surface area contributed by atoms with Crippen LogP contribution in [0.5, 0.6) is 0 Å². The van der Waals surface area contributed by atoms with Crippen molar-refractivity contribution in [2.24, 2.45) is 5.92 Å². The maximum absolute atomic E-state index is 14.0. The molecule has 9 heteroatoms. The van der Waals surface area contributed by atoms with Gasteiger partial charge < -0.3 is 10.2 Å². The van der Waals surface area contributed by atoms with E-state index in [4.69, 9.17) is 11.6 Å². The molecule has 1 N–H and O–H groups in total. The van der Waals surface area contributed by atoms with E-state index < -0.39 is 28.5 Å². The average molecular weight is 584 g/mol. The van der Waals surface area contributed by atoms with Crippen molar-refractivity contribution in [3.8, 4) is 0 Å². The maximum Gasteiger partial charge on any atom is 0.264 e. The molecule has 1 atom stereocenters. The van der Waals surface area contributed by atoms with Crippen LogP contribution in [0, 0.1) is 26.7 Å². The van der Waals surface area contributed by atoms with Gasteiger partial charge in [-0.3, -0.25) is 13.9 Å². The van der Waals surface area contributed by atoms with Crippen LogP contribution in [0.3, 0.4) is 0 Å². The van der Waals surface area contributed by atoms with Crippen molar-refractivity contribution in [2.75, 3.05) is 17.4 Å². The number of hydrogen-bond donors (Lipinski definition) is 1. The van der Waals surface area contributed by atoms with E-state index in [-0.39, 0.29) is 23.3 Å². The van der Waals surface area contributed by atoms with Crippen LogP contribution in [0.1, 0.15) is 43.0 Å². The van der Waals surface area contributed by atoms with E-state index in [1.165, 1.54) is 4.90 Å². The lowest BCUT2D eigenvalue weighted by Crippen LogP contribution is -2.51. The summed E-state index contributed by atoms with van der Waals surface area (Å²) < 4.78 is 29.2. The summed E-state index contributed by atoms with van der Waals surface area (Å²) in [5.41, 5.74) is 3.70. The fourth-order valence-corrected chi connectivity index (χ4v) is 5.91. The van der Waals surface area contributed by atoms with Crippen molar-refractivity contribution in [1.29, 1.82) is 0 Å². The highest BCUT2D eigenvalue weighted by Gasteiger charge is 2.33. The third-order valence-electron chi connectivity index (χ3n) is 6.83. The monoisotopic (exact) mass is 583 g/mol. The van der Waals surface area contributed by atoms with Gasteiger partial charge in [-0.25, -0.2) is 8.42 Å². The zero-order valence-electron chi connectivity index (χ0n) is 23.9. The Balaban J connectivity index is 2.06. The molecule has 0 spiro atoms. The van der Waals surface area contributed by atoms with Crippen LogP contribution in [0.2, 0.25) is 5.02 Å². The summed E-state index contributed by atoms with van der Waals surface area (Å²) in [6.45, 7) is 11.3. The van der Waals surface area contributed by atoms with Crippen LogP contribution >= 0.6 is 11.6 Å². The molecule has 3 aromatic rings. The van der Waals surface area contributed by atoms with Gasteiger partial charge in [0.05, 0.1) is 10.6 Å². The third-order valence-corrected chi connectivity index (χ3v) is 8.84. The van der Waals surface area contributed by atoms with E-state index in [0.717, 1.165) is 26.6 Å². The van der Waals surface area contributed by atoms with Gasteiger partial charge in [0.15, 0.2) is 0 Å². The molecule has 2 amide bonds. The van der Waals surface area contributed by atoms with Crippen molar-refractivity contribution < 1.29 is 18.0 Å². The Kier molecular flexibility index (Phi) is 10.4. The molecule has 3 rings (SSSR count). The van der Waals surface area contributed by atoms with Crippen LogP contribution in [0.25, 0.3) is 0 Å². The molecule has 0 heterocycles. The van der Waals surface area contributed by atoms with Crippen molar-refractivity contribution in [2.45, 2.75) is 59.0 Å². The standard InChI is InChI=1S/C31H38ClN3O4S/c1-21(2)18-33-31(37)25(6)34(19-26-10-8-11-27(32)17-26)30(36)20-35(29-12-7-9-23(4)24(29)5)40(38,39)28-15-13-22(3)14-16-28/h7-17,21,25H,18-20H2,1-6H3,(H,33,37)/t25-/m0/s1. The Hall–Kier alpha value is -3.36. The number of sulfonamides is 1. The minimum atomic E-state index is -4.12. The zero-order chi connectivity index (χ0) is 29.6. The van der Waals surface area contributed by atoms with Gasteiger partial charge in [0.25, 0.3) is 10.0 Å². The van der Waals surface area contributed by atoms with Crippen molar-refractivity contribution >= 4 is 39.1 Å². The largest absolute Gasteiger partial charge is 0.354 e. The first-order valence-electron chi connectivity index (χ1n) is 13.3. The molecule has 0 saturated carbocycles. The van der Waals surface area contributed by atoms with Gasteiger partial charge in [-0.05, 0) is 80.6 Å². The highest BCUT2D eigenvalue weighted by Crippen LogP contribution is 2.29. The van der Waals surface area contributed by atoms with Crippen molar-refractivity contribution in [1.82, 2.24) is 10.2 Å². The molecular formula is C31H38ClN3O4S. The van der Waals surface area contributed by atoms with Gasteiger partial charge in [-0.2, -0.15) is 0 Å². The smallest absolute Gasteiger partial charge is 0.264 e. The molecule has 0 aromatic heterocycles. The van der Waals surface area contributed by atoms with Crippen molar-refractivity contribution in [3.63, 3.8) is 0 Å². The maximum atomic E-state index is 14.0. The summed E-state index contributed by atoms with van der Waals surface area (Å²) >= 11 is 6.20. The summed E-state index contributed by atoms with van der Waals surface area (Å²) in [6, 6.07) is 18.1. The Labute approximate surface area is 243 Å². The van der Waals surface area contributed by atoms with Crippen LogP contribution in [0.15, 0.2) is 71.6 Å². The normalized spacial score (nSPS) is 12.2. The lowest BCUT2D eigenvalue weighted by molar-refractivity contribution is -0.139. The molecule has 7 nitrogen and oxygen atoms in total.